The SMILES string of the molecule is CCCCCS(=O)(=O)CCNc1ccc(F)cc1. The minimum absolute atomic E-state index is 0.119. The van der Waals surface area contributed by atoms with E-state index in [4.69, 9.17) is 0 Å². The topological polar surface area (TPSA) is 46.2 Å². The van der Waals surface area contributed by atoms with Gasteiger partial charge in [-0.15, -0.1) is 0 Å². The zero-order valence-electron chi connectivity index (χ0n) is 10.7. The second kappa shape index (κ2) is 7.36. The minimum atomic E-state index is -2.97. The van der Waals surface area contributed by atoms with Gasteiger partial charge in [0.25, 0.3) is 0 Å². The number of rotatable bonds is 8. The largest absolute Gasteiger partial charge is 0.384 e. The summed E-state index contributed by atoms with van der Waals surface area (Å²) in [4.78, 5) is 0. The first-order chi connectivity index (χ1) is 8.53. The van der Waals surface area contributed by atoms with Gasteiger partial charge in [-0.25, -0.2) is 12.8 Å². The van der Waals surface area contributed by atoms with E-state index >= 15 is 0 Å². The molecule has 0 unspecified atom stereocenters. The summed E-state index contributed by atoms with van der Waals surface area (Å²) in [5.41, 5.74) is 0.736. The lowest BCUT2D eigenvalue weighted by Gasteiger charge is -2.07. The highest BCUT2D eigenvalue weighted by molar-refractivity contribution is 7.91. The fraction of sp³-hybridized carbons (Fsp3) is 0.538. The molecule has 0 aliphatic carbocycles. The Bertz CT molecular complexity index is 443. The molecule has 0 aromatic heterocycles. The van der Waals surface area contributed by atoms with Crippen molar-refractivity contribution < 1.29 is 12.8 Å². The van der Waals surface area contributed by atoms with E-state index in [1.165, 1.54) is 12.1 Å². The van der Waals surface area contributed by atoms with Crippen LogP contribution in [0, 0.1) is 5.82 Å². The number of hydrogen-bond acceptors (Lipinski definition) is 3. The molecule has 1 aromatic carbocycles. The van der Waals surface area contributed by atoms with Gasteiger partial charge in [0.15, 0.2) is 9.84 Å². The first-order valence-electron chi connectivity index (χ1n) is 6.23. The van der Waals surface area contributed by atoms with Crippen molar-refractivity contribution in [3.8, 4) is 0 Å². The van der Waals surface area contributed by atoms with Gasteiger partial charge in [0.05, 0.1) is 11.5 Å². The molecule has 0 radical (unpaired) electrons. The molecule has 0 bridgehead atoms. The molecule has 0 atom stereocenters. The molecule has 0 amide bonds. The van der Waals surface area contributed by atoms with Gasteiger partial charge in [-0.2, -0.15) is 0 Å². The lowest BCUT2D eigenvalue weighted by atomic mass is 10.3. The third-order valence-corrected chi connectivity index (χ3v) is 4.38. The van der Waals surface area contributed by atoms with Gasteiger partial charge in [0.2, 0.25) is 0 Å². The van der Waals surface area contributed by atoms with E-state index in [1.54, 1.807) is 12.1 Å². The van der Waals surface area contributed by atoms with Crippen molar-refractivity contribution in [3.05, 3.63) is 30.1 Å². The van der Waals surface area contributed by atoms with Crippen LogP contribution in [0.25, 0.3) is 0 Å². The predicted octanol–water partition coefficient (Wildman–Crippen LogP) is 2.84. The van der Waals surface area contributed by atoms with Crippen molar-refractivity contribution in [2.24, 2.45) is 0 Å². The molecule has 3 nitrogen and oxygen atoms in total. The highest BCUT2D eigenvalue weighted by atomic mass is 32.2. The maximum Gasteiger partial charge on any atom is 0.152 e. The molecule has 5 heteroatoms. The molecular formula is C13H20FNO2S. The Balaban J connectivity index is 2.30. The van der Waals surface area contributed by atoms with Gasteiger partial charge >= 0.3 is 0 Å². The van der Waals surface area contributed by atoms with Crippen LogP contribution in [-0.2, 0) is 9.84 Å². The summed E-state index contributed by atoms with van der Waals surface area (Å²) < 4.78 is 35.9. The van der Waals surface area contributed by atoms with E-state index in [1.807, 2.05) is 6.92 Å². The Morgan fingerprint density at radius 1 is 1.11 bits per heavy atom. The highest BCUT2D eigenvalue weighted by Crippen LogP contribution is 2.08. The lowest BCUT2D eigenvalue weighted by molar-refractivity contribution is 0.591. The van der Waals surface area contributed by atoms with Gasteiger partial charge in [-0.05, 0) is 30.7 Å². The summed E-state index contributed by atoms with van der Waals surface area (Å²) in [6, 6.07) is 5.88. The molecule has 0 saturated carbocycles. The van der Waals surface area contributed by atoms with Gasteiger partial charge < -0.3 is 5.32 Å². The first-order valence-corrected chi connectivity index (χ1v) is 8.05. The highest BCUT2D eigenvalue weighted by Gasteiger charge is 2.09. The van der Waals surface area contributed by atoms with Crippen LogP contribution < -0.4 is 5.32 Å². The van der Waals surface area contributed by atoms with Crippen LogP contribution in [0.4, 0.5) is 10.1 Å². The Morgan fingerprint density at radius 2 is 1.78 bits per heavy atom. The third kappa shape index (κ3) is 6.00. The summed E-state index contributed by atoms with van der Waals surface area (Å²) in [7, 11) is -2.97. The molecule has 0 spiro atoms. The van der Waals surface area contributed by atoms with Crippen molar-refractivity contribution in [1.82, 2.24) is 0 Å². The fourth-order valence-electron chi connectivity index (χ4n) is 1.59. The maximum atomic E-state index is 12.6. The molecule has 102 valence electrons. The summed E-state index contributed by atoms with van der Waals surface area (Å²) in [6.07, 6.45) is 2.70. The van der Waals surface area contributed by atoms with Crippen molar-refractivity contribution in [1.29, 1.82) is 0 Å². The van der Waals surface area contributed by atoms with Crippen LogP contribution >= 0.6 is 0 Å². The first kappa shape index (κ1) is 15.0. The molecule has 18 heavy (non-hydrogen) atoms. The molecular weight excluding hydrogens is 253 g/mol. The second-order valence-corrected chi connectivity index (χ2v) is 6.60. The number of nitrogens with one attached hydrogen (secondary N) is 1. The summed E-state index contributed by atoms with van der Waals surface area (Å²) in [6.45, 7) is 2.41. The average molecular weight is 273 g/mol. The van der Waals surface area contributed by atoms with Gasteiger partial charge in [0.1, 0.15) is 5.82 Å². The Morgan fingerprint density at radius 3 is 2.39 bits per heavy atom. The van der Waals surface area contributed by atoms with Crippen LogP contribution in [0.3, 0.4) is 0 Å². The van der Waals surface area contributed by atoms with E-state index in [9.17, 15) is 12.8 Å². The number of benzene rings is 1. The van der Waals surface area contributed by atoms with E-state index in [0.29, 0.717) is 6.54 Å². The monoisotopic (exact) mass is 273 g/mol. The number of sulfone groups is 1. The normalized spacial score (nSPS) is 11.4. The third-order valence-electron chi connectivity index (χ3n) is 2.65. The maximum absolute atomic E-state index is 12.6. The summed E-state index contributed by atoms with van der Waals surface area (Å²) in [5.74, 6) is 0.0766. The van der Waals surface area contributed by atoms with Gasteiger partial charge in [-0.3, -0.25) is 0 Å². The van der Waals surface area contributed by atoms with E-state index < -0.39 is 9.84 Å². The van der Waals surface area contributed by atoms with Crippen molar-refractivity contribution in [2.45, 2.75) is 26.2 Å². The van der Waals surface area contributed by atoms with Gasteiger partial charge in [0, 0.05) is 12.2 Å². The van der Waals surface area contributed by atoms with Crippen molar-refractivity contribution in [3.63, 3.8) is 0 Å². The molecule has 0 aliphatic heterocycles. The van der Waals surface area contributed by atoms with E-state index in [-0.39, 0.29) is 17.3 Å². The summed E-state index contributed by atoms with van der Waals surface area (Å²) in [5, 5.41) is 2.97. The average Bonchev–Trinajstić information content (AvgIpc) is 2.32. The Labute approximate surface area is 108 Å². The smallest absolute Gasteiger partial charge is 0.152 e. The number of anilines is 1. The lowest BCUT2D eigenvalue weighted by Crippen LogP contribution is -2.18. The van der Waals surface area contributed by atoms with Crippen LogP contribution in [0.5, 0.6) is 0 Å². The van der Waals surface area contributed by atoms with Crippen LogP contribution in [-0.4, -0.2) is 26.5 Å². The quantitative estimate of drug-likeness (QED) is 0.741. The standard InChI is InChI=1S/C13H20FNO2S/c1-2-3-4-10-18(16,17)11-9-15-13-7-5-12(14)6-8-13/h5-8,15H,2-4,9-11H2,1H3. The number of halogens is 1. The molecule has 0 aliphatic rings. The van der Waals surface area contributed by atoms with Crippen LogP contribution in [0.2, 0.25) is 0 Å². The van der Waals surface area contributed by atoms with Gasteiger partial charge in [-0.1, -0.05) is 19.8 Å². The van der Waals surface area contributed by atoms with Crippen LogP contribution in [0.15, 0.2) is 24.3 Å². The molecule has 1 rings (SSSR count). The zero-order valence-corrected chi connectivity index (χ0v) is 11.5. The van der Waals surface area contributed by atoms with Crippen molar-refractivity contribution >= 4 is 15.5 Å². The number of hydrogen-bond donors (Lipinski definition) is 1. The van der Waals surface area contributed by atoms with E-state index in [2.05, 4.69) is 5.32 Å². The molecule has 1 N–H and O–H groups in total. The fourth-order valence-corrected chi connectivity index (χ4v) is 2.85. The molecule has 0 fully saturated rings. The number of unbranched alkanes of at least 4 members (excludes halogenated alkanes) is 2. The molecule has 0 saturated heterocycles. The Kier molecular flexibility index (Phi) is 6.12. The predicted molar refractivity (Wildman–Crippen MR) is 73.1 cm³/mol. The minimum Gasteiger partial charge on any atom is -0.384 e. The zero-order chi connectivity index (χ0) is 13.4. The molecule has 1 aromatic rings. The summed E-state index contributed by atoms with van der Waals surface area (Å²) >= 11 is 0. The second-order valence-electron chi connectivity index (χ2n) is 4.29. The van der Waals surface area contributed by atoms with Crippen LogP contribution in [0.1, 0.15) is 26.2 Å². The Hall–Kier alpha value is -1.10. The van der Waals surface area contributed by atoms with Crippen molar-refractivity contribution in [2.75, 3.05) is 23.4 Å². The van der Waals surface area contributed by atoms with E-state index in [0.717, 1.165) is 24.9 Å². The molecule has 0 heterocycles.